The van der Waals surface area contributed by atoms with Crippen molar-refractivity contribution in [2.75, 3.05) is 26.2 Å². The number of piperidine rings is 1. The zero-order valence-electron chi connectivity index (χ0n) is 13.2. The van der Waals surface area contributed by atoms with E-state index in [1.54, 1.807) is 0 Å². The number of nitrogens with zero attached hydrogens (tertiary/aromatic N) is 3. The highest BCUT2D eigenvalue weighted by Gasteiger charge is 2.24. The number of hydrogen-bond donors (Lipinski definition) is 0. The first-order chi connectivity index (χ1) is 11.1. The predicted octanol–water partition coefficient (Wildman–Crippen LogP) is 2.07. The molecule has 0 spiro atoms. The lowest BCUT2D eigenvalue weighted by Gasteiger charge is -2.33. The monoisotopic (exact) mass is 327 g/mol. The lowest BCUT2D eigenvalue weighted by molar-refractivity contribution is 0.0583. The zero-order valence-corrected chi connectivity index (χ0v) is 13.2. The van der Waals surface area contributed by atoms with E-state index < -0.39 is 17.7 Å². The standard InChI is InChI=1S/C16H23F2N3O2/c17-16(18)14-8-15(22)21(11-19-14)9-12-3-5-20(6-4-12)10-13-2-1-7-23-13/h8,11-13,16H,1-7,9-10H2. The van der Waals surface area contributed by atoms with E-state index in [1.165, 1.54) is 10.9 Å². The van der Waals surface area contributed by atoms with Crippen LogP contribution in [-0.4, -0.2) is 46.8 Å². The number of hydrogen-bond acceptors (Lipinski definition) is 4. The first-order valence-corrected chi connectivity index (χ1v) is 8.30. The van der Waals surface area contributed by atoms with Gasteiger partial charge < -0.3 is 9.64 Å². The van der Waals surface area contributed by atoms with E-state index in [4.69, 9.17) is 4.74 Å². The summed E-state index contributed by atoms with van der Waals surface area (Å²) in [5, 5.41) is 0. The third kappa shape index (κ3) is 4.35. The number of likely N-dealkylation sites (tertiary alicyclic amines) is 1. The molecule has 0 aliphatic carbocycles. The highest BCUT2D eigenvalue weighted by molar-refractivity contribution is 5.00. The molecule has 2 fully saturated rings. The van der Waals surface area contributed by atoms with E-state index in [-0.39, 0.29) is 0 Å². The smallest absolute Gasteiger partial charge is 0.280 e. The largest absolute Gasteiger partial charge is 0.377 e. The minimum absolute atomic E-state index is 0.375. The van der Waals surface area contributed by atoms with Crippen molar-refractivity contribution in [3.05, 3.63) is 28.4 Å². The van der Waals surface area contributed by atoms with E-state index in [0.29, 0.717) is 18.6 Å². The molecule has 0 bridgehead atoms. The Labute approximate surface area is 134 Å². The van der Waals surface area contributed by atoms with Crippen LogP contribution in [0.15, 0.2) is 17.2 Å². The molecule has 0 saturated carbocycles. The Balaban J connectivity index is 1.49. The maximum absolute atomic E-state index is 12.5. The third-order valence-corrected chi connectivity index (χ3v) is 4.77. The molecule has 1 aromatic heterocycles. The highest BCUT2D eigenvalue weighted by atomic mass is 19.3. The van der Waals surface area contributed by atoms with E-state index in [1.807, 2.05) is 0 Å². The second kappa shape index (κ2) is 7.49. The van der Waals surface area contributed by atoms with Gasteiger partial charge in [0.05, 0.1) is 12.4 Å². The van der Waals surface area contributed by atoms with Crippen molar-refractivity contribution >= 4 is 0 Å². The molecule has 0 amide bonds. The number of halogens is 2. The molecule has 5 nitrogen and oxygen atoms in total. The molecule has 2 saturated heterocycles. The Bertz CT molecular complexity index is 565. The average molecular weight is 327 g/mol. The van der Waals surface area contributed by atoms with Gasteiger partial charge in [-0.1, -0.05) is 0 Å². The maximum atomic E-state index is 12.5. The van der Waals surface area contributed by atoms with Crippen molar-refractivity contribution < 1.29 is 13.5 Å². The summed E-state index contributed by atoms with van der Waals surface area (Å²) in [6, 6.07) is 0.942. The van der Waals surface area contributed by atoms with Crippen LogP contribution in [0.2, 0.25) is 0 Å². The van der Waals surface area contributed by atoms with Gasteiger partial charge in [0, 0.05) is 25.8 Å². The number of aromatic nitrogens is 2. The van der Waals surface area contributed by atoms with Crippen LogP contribution in [0.5, 0.6) is 0 Å². The summed E-state index contributed by atoms with van der Waals surface area (Å²) in [6.45, 7) is 4.44. The SMILES string of the molecule is O=c1cc(C(F)F)ncn1CC1CCN(CC2CCCO2)CC1. The number of alkyl halides is 2. The van der Waals surface area contributed by atoms with Gasteiger partial charge >= 0.3 is 0 Å². The van der Waals surface area contributed by atoms with Crippen molar-refractivity contribution in [3.63, 3.8) is 0 Å². The van der Waals surface area contributed by atoms with Crippen molar-refractivity contribution in [1.82, 2.24) is 14.5 Å². The fraction of sp³-hybridized carbons (Fsp3) is 0.750. The lowest BCUT2D eigenvalue weighted by atomic mass is 9.96. The van der Waals surface area contributed by atoms with E-state index >= 15 is 0 Å². The van der Waals surface area contributed by atoms with Crippen molar-refractivity contribution in [1.29, 1.82) is 0 Å². The Kier molecular flexibility index (Phi) is 5.38. The molecule has 3 heterocycles. The third-order valence-electron chi connectivity index (χ3n) is 4.77. The van der Waals surface area contributed by atoms with Gasteiger partial charge in [-0.3, -0.25) is 9.36 Å². The lowest BCUT2D eigenvalue weighted by Crippen LogP contribution is -2.40. The van der Waals surface area contributed by atoms with Crippen molar-refractivity contribution in [2.45, 2.75) is 44.8 Å². The second-order valence-corrected chi connectivity index (χ2v) is 6.48. The van der Waals surface area contributed by atoms with Crippen LogP contribution in [0, 0.1) is 5.92 Å². The zero-order chi connectivity index (χ0) is 16.2. The minimum atomic E-state index is -2.70. The van der Waals surface area contributed by atoms with Gasteiger partial charge in [-0.25, -0.2) is 13.8 Å². The van der Waals surface area contributed by atoms with E-state index in [9.17, 15) is 13.6 Å². The summed E-state index contributed by atoms with van der Waals surface area (Å²) in [5.41, 5.74) is -0.838. The first-order valence-electron chi connectivity index (χ1n) is 8.30. The van der Waals surface area contributed by atoms with Crippen molar-refractivity contribution in [2.24, 2.45) is 5.92 Å². The summed E-state index contributed by atoms with van der Waals surface area (Å²) < 4.78 is 32.2. The average Bonchev–Trinajstić information content (AvgIpc) is 3.04. The van der Waals surface area contributed by atoms with E-state index in [0.717, 1.165) is 58.0 Å². The molecule has 0 N–H and O–H groups in total. The summed E-state index contributed by atoms with van der Waals surface area (Å²) >= 11 is 0. The van der Waals surface area contributed by atoms with Crippen LogP contribution in [0.1, 0.15) is 37.8 Å². The molecule has 1 atom stereocenters. The molecular weight excluding hydrogens is 304 g/mol. The molecule has 0 radical (unpaired) electrons. The van der Waals surface area contributed by atoms with Crippen LogP contribution >= 0.6 is 0 Å². The predicted molar refractivity (Wildman–Crippen MR) is 81.6 cm³/mol. The van der Waals surface area contributed by atoms with Crippen LogP contribution in [-0.2, 0) is 11.3 Å². The fourth-order valence-corrected chi connectivity index (χ4v) is 3.40. The molecule has 3 rings (SSSR count). The quantitative estimate of drug-likeness (QED) is 0.831. The molecule has 0 aromatic carbocycles. The summed E-state index contributed by atoms with van der Waals surface area (Å²) in [5.74, 6) is 0.396. The maximum Gasteiger partial charge on any atom is 0.280 e. The normalized spacial score (nSPS) is 23.7. The number of ether oxygens (including phenoxy) is 1. The van der Waals surface area contributed by atoms with Gasteiger partial charge in [-0.05, 0) is 44.7 Å². The Morgan fingerprint density at radius 2 is 2.04 bits per heavy atom. The molecule has 1 unspecified atom stereocenters. The van der Waals surface area contributed by atoms with E-state index in [2.05, 4.69) is 9.88 Å². The molecule has 7 heteroatoms. The first kappa shape index (κ1) is 16.5. The van der Waals surface area contributed by atoms with Crippen LogP contribution in [0.4, 0.5) is 8.78 Å². The van der Waals surface area contributed by atoms with Crippen LogP contribution in [0.3, 0.4) is 0 Å². The molecule has 1 aromatic rings. The molecule has 128 valence electrons. The van der Waals surface area contributed by atoms with Gasteiger partial charge in [-0.15, -0.1) is 0 Å². The fourth-order valence-electron chi connectivity index (χ4n) is 3.40. The van der Waals surface area contributed by atoms with Gasteiger partial charge in [0.15, 0.2) is 0 Å². The van der Waals surface area contributed by atoms with Gasteiger partial charge in [0.25, 0.3) is 12.0 Å². The molecule has 2 aliphatic heterocycles. The summed E-state index contributed by atoms with van der Waals surface area (Å²) in [7, 11) is 0. The van der Waals surface area contributed by atoms with Gasteiger partial charge in [0.2, 0.25) is 0 Å². The Morgan fingerprint density at radius 1 is 1.26 bits per heavy atom. The number of rotatable bonds is 5. The van der Waals surface area contributed by atoms with Gasteiger partial charge in [0.1, 0.15) is 5.69 Å². The minimum Gasteiger partial charge on any atom is -0.377 e. The van der Waals surface area contributed by atoms with Crippen molar-refractivity contribution in [3.8, 4) is 0 Å². The topological polar surface area (TPSA) is 47.4 Å². The van der Waals surface area contributed by atoms with Crippen LogP contribution < -0.4 is 5.56 Å². The second-order valence-electron chi connectivity index (χ2n) is 6.48. The summed E-state index contributed by atoms with van der Waals surface area (Å²) in [6.07, 6.45) is 3.26. The summed E-state index contributed by atoms with van der Waals surface area (Å²) in [4.78, 5) is 18.0. The van der Waals surface area contributed by atoms with Crippen LogP contribution in [0.25, 0.3) is 0 Å². The highest BCUT2D eigenvalue weighted by Crippen LogP contribution is 2.21. The Morgan fingerprint density at radius 3 is 2.65 bits per heavy atom. The molecule has 2 aliphatic rings. The van der Waals surface area contributed by atoms with Gasteiger partial charge in [-0.2, -0.15) is 0 Å². The molecule has 23 heavy (non-hydrogen) atoms. The Hall–Kier alpha value is -1.34. The molecular formula is C16H23F2N3O2.